The van der Waals surface area contributed by atoms with Gasteiger partial charge in [-0.05, 0) is 60.5 Å². The maximum atomic E-state index is 13.1. The highest BCUT2D eigenvalue weighted by Gasteiger charge is 2.34. The SMILES string of the molecule is Cc1ccn(Cc2ccc3c(c2)OCO3)c(=O)c1C(=O)N1CC(Oc2ccc(F)cc2)C1. The van der Waals surface area contributed by atoms with Gasteiger partial charge in [0.25, 0.3) is 11.5 Å². The number of amides is 1. The molecule has 2 aromatic carbocycles. The van der Waals surface area contributed by atoms with Gasteiger partial charge in [0, 0.05) is 6.20 Å². The first-order valence-electron chi connectivity index (χ1n) is 10.3. The molecule has 0 spiro atoms. The molecule has 164 valence electrons. The van der Waals surface area contributed by atoms with Crippen LogP contribution in [-0.2, 0) is 6.54 Å². The zero-order valence-electron chi connectivity index (χ0n) is 17.4. The first-order chi connectivity index (χ1) is 15.5. The number of fused-ring (bicyclic) bond motifs is 1. The van der Waals surface area contributed by atoms with Crippen LogP contribution in [0.5, 0.6) is 17.2 Å². The van der Waals surface area contributed by atoms with E-state index < -0.39 is 0 Å². The molecule has 7 nitrogen and oxygen atoms in total. The minimum Gasteiger partial charge on any atom is -0.487 e. The van der Waals surface area contributed by atoms with Gasteiger partial charge in [0.1, 0.15) is 23.2 Å². The average Bonchev–Trinajstić information content (AvgIpc) is 3.21. The number of hydrogen-bond acceptors (Lipinski definition) is 5. The van der Waals surface area contributed by atoms with Crippen molar-refractivity contribution in [1.82, 2.24) is 9.47 Å². The molecule has 3 aromatic rings. The minimum atomic E-state index is -0.337. The molecule has 0 saturated carbocycles. The maximum absolute atomic E-state index is 13.1. The second-order valence-corrected chi connectivity index (χ2v) is 7.90. The summed E-state index contributed by atoms with van der Waals surface area (Å²) in [5.74, 6) is 1.22. The second-order valence-electron chi connectivity index (χ2n) is 7.90. The van der Waals surface area contributed by atoms with Crippen LogP contribution in [0.2, 0.25) is 0 Å². The highest BCUT2D eigenvalue weighted by Crippen LogP contribution is 2.32. The Hall–Kier alpha value is -3.81. The summed E-state index contributed by atoms with van der Waals surface area (Å²) in [5, 5.41) is 0. The number of carbonyl (C=O) groups excluding carboxylic acids is 1. The van der Waals surface area contributed by atoms with Gasteiger partial charge in [-0.25, -0.2) is 4.39 Å². The lowest BCUT2D eigenvalue weighted by molar-refractivity contribution is 0.0175. The molecule has 3 heterocycles. The van der Waals surface area contributed by atoms with Gasteiger partial charge in [0.05, 0.1) is 19.6 Å². The number of rotatable bonds is 5. The molecule has 1 fully saturated rings. The van der Waals surface area contributed by atoms with E-state index in [2.05, 4.69) is 0 Å². The molecule has 0 atom stereocenters. The molecule has 0 radical (unpaired) electrons. The quantitative estimate of drug-likeness (QED) is 0.615. The molecule has 0 unspecified atom stereocenters. The Morgan fingerprint density at radius 1 is 1.09 bits per heavy atom. The van der Waals surface area contributed by atoms with Crippen LogP contribution in [0, 0.1) is 12.7 Å². The van der Waals surface area contributed by atoms with Gasteiger partial charge in [0.2, 0.25) is 6.79 Å². The highest BCUT2D eigenvalue weighted by molar-refractivity contribution is 5.95. The summed E-state index contributed by atoms with van der Waals surface area (Å²) in [5.41, 5.74) is 1.32. The van der Waals surface area contributed by atoms with E-state index >= 15 is 0 Å². The molecule has 1 amide bonds. The van der Waals surface area contributed by atoms with Crippen molar-refractivity contribution in [2.45, 2.75) is 19.6 Å². The van der Waals surface area contributed by atoms with Gasteiger partial charge in [0.15, 0.2) is 11.5 Å². The van der Waals surface area contributed by atoms with Crippen molar-refractivity contribution < 1.29 is 23.4 Å². The molecule has 1 saturated heterocycles. The van der Waals surface area contributed by atoms with Crippen LogP contribution in [0.25, 0.3) is 0 Å². The molecule has 5 rings (SSSR count). The smallest absolute Gasteiger partial charge is 0.263 e. The summed E-state index contributed by atoms with van der Waals surface area (Å²) >= 11 is 0. The zero-order valence-corrected chi connectivity index (χ0v) is 17.4. The minimum absolute atomic E-state index is 0.161. The van der Waals surface area contributed by atoms with Crippen LogP contribution in [0.15, 0.2) is 59.5 Å². The second kappa shape index (κ2) is 8.03. The summed E-state index contributed by atoms with van der Waals surface area (Å²) in [6.45, 7) is 2.99. The van der Waals surface area contributed by atoms with E-state index in [0.29, 0.717) is 42.4 Å². The highest BCUT2D eigenvalue weighted by atomic mass is 19.1. The van der Waals surface area contributed by atoms with Crippen LogP contribution in [0.1, 0.15) is 21.5 Å². The van der Waals surface area contributed by atoms with Gasteiger partial charge in [-0.15, -0.1) is 0 Å². The topological polar surface area (TPSA) is 70.0 Å². The van der Waals surface area contributed by atoms with Crippen LogP contribution >= 0.6 is 0 Å². The van der Waals surface area contributed by atoms with Crippen molar-refractivity contribution in [2.75, 3.05) is 19.9 Å². The van der Waals surface area contributed by atoms with Crippen LogP contribution in [-0.4, -0.2) is 41.4 Å². The van der Waals surface area contributed by atoms with Crippen LogP contribution in [0.3, 0.4) is 0 Å². The number of halogens is 1. The molecule has 32 heavy (non-hydrogen) atoms. The Kier molecular flexibility index (Phi) is 5.05. The first kappa shape index (κ1) is 20.1. The Bertz CT molecular complexity index is 1230. The summed E-state index contributed by atoms with van der Waals surface area (Å²) in [7, 11) is 0. The summed E-state index contributed by atoms with van der Waals surface area (Å²) in [6, 6.07) is 13.0. The van der Waals surface area contributed by atoms with E-state index in [1.54, 1.807) is 36.2 Å². The number of ether oxygens (including phenoxy) is 3. The Balaban J connectivity index is 1.29. The summed E-state index contributed by atoms with van der Waals surface area (Å²) in [4.78, 5) is 27.7. The third kappa shape index (κ3) is 3.79. The molecule has 2 aliphatic heterocycles. The molecular formula is C24H21FN2O5. The number of likely N-dealkylation sites (tertiary alicyclic amines) is 1. The van der Waals surface area contributed by atoms with Gasteiger partial charge >= 0.3 is 0 Å². The maximum Gasteiger partial charge on any atom is 0.263 e. The van der Waals surface area contributed by atoms with Crippen molar-refractivity contribution in [3.05, 3.63) is 87.6 Å². The molecule has 0 bridgehead atoms. The lowest BCUT2D eigenvalue weighted by Crippen LogP contribution is -2.57. The fourth-order valence-electron chi connectivity index (χ4n) is 3.83. The molecule has 1 aromatic heterocycles. The van der Waals surface area contributed by atoms with Crippen molar-refractivity contribution in [3.8, 4) is 17.2 Å². The first-order valence-corrected chi connectivity index (χ1v) is 10.3. The number of pyridine rings is 1. The van der Waals surface area contributed by atoms with Gasteiger partial charge in [-0.2, -0.15) is 0 Å². The van der Waals surface area contributed by atoms with Crippen molar-refractivity contribution in [3.63, 3.8) is 0 Å². The third-order valence-electron chi connectivity index (χ3n) is 5.63. The van der Waals surface area contributed by atoms with E-state index in [9.17, 15) is 14.0 Å². The monoisotopic (exact) mass is 436 g/mol. The molecule has 0 aliphatic carbocycles. The van der Waals surface area contributed by atoms with E-state index in [0.717, 1.165) is 5.56 Å². The number of aryl methyl sites for hydroxylation is 1. The Morgan fingerprint density at radius 3 is 2.62 bits per heavy atom. The zero-order chi connectivity index (χ0) is 22.2. The third-order valence-corrected chi connectivity index (χ3v) is 5.63. The van der Waals surface area contributed by atoms with Gasteiger partial charge < -0.3 is 23.7 Å². The van der Waals surface area contributed by atoms with E-state index in [-0.39, 0.29) is 35.7 Å². The predicted molar refractivity (Wildman–Crippen MR) is 114 cm³/mol. The fraction of sp³-hybridized carbons (Fsp3) is 0.250. The van der Waals surface area contributed by atoms with Gasteiger partial charge in [-0.3, -0.25) is 9.59 Å². The summed E-state index contributed by atoms with van der Waals surface area (Å²) in [6.07, 6.45) is 1.50. The Labute approximate surface area is 183 Å². The standard InChI is InChI=1S/C24H21FN2O5/c1-15-8-9-26(11-16-2-7-20-21(10-16)31-14-30-20)23(28)22(15)24(29)27-12-19(13-27)32-18-5-3-17(25)4-6-18/h2-10,19H,11-14H2,1H3. The molecule has 2 aliphatic rings. The van der Waals surface area contributed by atoms with Crippen molar-refractivity contribution in [1.29, 1.82) is 0 Å². The number of benzene rings is 2. The lowest BCUT2D eigenvalue weighted by Gasteiger charge is -2.39. The largest absolute Gasteiger partial charge is 0.487 e. The predicted octanol–water partition coefficient (Wildman–Crippen LogP) is 2.98. The van der Waals surface area contributed by atoms with Crippen LogP contribution in [0.4, 0.5) is 4.39 Å². The van der Waals surface area contributed by atoms with Crippen molar-refractivity contribution >= 4 is 5.91 Å². The van der Waals surface area contributed by atoms with Gasteiger partial charge in [-0.1, -0.05) is 6.07 Å². The average molecular weight is 436 g/mol. The van der Waals surface area contributed by atoms with E-state index in [1.165, 1.54) is 16.7 Å². The summed E-state index contributed by atoms with van der Waals surface area (Å²) < 4.78 is 31.0. The number of nitrogens with zero attached hydrogens (tertiary/aromatic N) is 2. The normalized spacial score (nSPS) is 14.9. The molecule has 8 heteroatoms. The fourth-order valence-corrected chi connectivity index (χ4v) is 3.83. The van der Waals surface area contributed by atoms with E-state index in [4.69, 9.17) is 14.2 Å². The Morgan fingerprint density at radius 2 is 1.84 bits per heavy atom. The number of aromatic nitrogens is 1. The van der Waals surface area contributed by atoms with E-state index in [1.807, 2.05) is 18.2 Å². The van der Waals surface area contributed by atoms with Crippen LogP contribution < -0.4 is 19.8 Å². The molecule has 0 N–H and O–H groups in total. The lowest BCUT2D eigenvalue weighted by atomic mass is 10.1. The van der Waals surface area contributed by atoms with Crippen molar-refractivity contribution in [2.24, 2.45) is 0 Å². The number of hydrogen-bond donors (Lipinski definition) is 0. The molecular weight excluding hydrogens is 415 g/mol. The number of carbonyl (C=O) groups is 1.